The molecular weight excluding hydrogens is 535 g/mol. The van der Waals surface area contributed by atoms with E-state index in [1.807, 2.05) is 46.9 Å². The number of carbonyl (C=O) groups is 1. The number of nitrogens with zero attached hydrogens (tertiary/aromatic N) is 4. The monoisotopic (exact) mass is 554 g/mol. The third kappa shape index (κ3) is 3.19. The lowest BCUT2D eigenvalue weighted by Gasteiger charge is -2.23. The SMILES string of the molecule is CNC(=O)[C@@]12C[C@@H]1[C@@H](n1cnc3c(NCc4cccc(Cl)c4)nc(I)nc31)[C@H](O)[C@@H]2O. The van der Waals surface area contributed by atoms with Crippen LogP contribution in [0, 0.1) is 15.2 Å². The van der Waals surface area contributed by atoms with Gasteiger partial charge in [-0.05, 0) is 24.1 Å². The lowest BCUT2D eigenvalue weighted by molar-refractivity contribution is -0.132. The van der Waals surface area contributed by atoms with Crippen LogP contribution in [0.5, 0.6) is 0 Å². The number of amides is 1. The Labute approximate surface area is 196 Å². The topological polar surface area (TPSA) is 125 Å². The number of hydrogen-bond acceptors (Lipinski definition) is 7. The summed E-state index contributed by atoms with van der Waals surface area (Å²) >= 11 is 8.10. The molecule has 3 aromatic rings. The molecule has 2 saturated carbocycles. The third-order valence-corrected chi connectivity index (χ3v) is 7.10. The van der Waals surface area contributed by atoms with Crippen molar-refractivity contribution in [3.63, 3.8) is 0 Å². The zero-order valence-corrected chi connectivity index (χ0v) is 19.4. The van der Waals surface area contributed by atoms with Crippen molar-refractivity contribution in [1.29, 1.82) is 0 Å². The fourth-order valence-corrected chi connectivity index (χ4v) is 5.53. The van der Waals surface area contributed by atoms with Crippen molar-refractivity contribution >= 4 is 57.1 Å². The van der Waals surface area contributed by atoms with E-state index in [0.717, 1.165) is 5.56 Å². The molecule has 2 aromatic heterocycles. The summed E-state index contributed by atoms with van der Waals surface area (Å²) in [6.45, 7) is 0.503. The molecule has 31 heavy (non-hydrogen) atoms. The van der Waals surface area contributed by atoms with Gasteiger partial charge in [-0.1, -0.05) is 23.7 Å². The number of rotatable bonds is 5. The Balaban J connectivity index is 1.49. The molecule has 2 aliphatic carbocycles. The molecule has 0 aliphatic heterocycles. The molecule has 1 aromatic carbocycles. The van der Waals surface area contributed by atoms with Gasteiger partial charge in [0.25, 0.3) is 0 Å². The lowest BCUT2D eigenvalue weighted by atomic mass is 9.98. The highest BCUT2D eigenvalue weighted by Crippen LogP contribution is 2.67. The number of carbonyl (C=O) groups excluding carboxylic acids is 1. The molecule has 1 amide bonds. The van der Waals surface area contributed by atoms with Crippen LogP contribution in [-0.2, 0) is 11.3 Å². The number of benzene rings is 1. The van der Waals surface area contributed by atoms with Crippen LogP contribution in [-0.4, -0.2) is 54.9 Å². The molecule has 162 valence electrons. The van der Waals surface area contributed by atoms with Gasteiger partial charge in [-0.2, -0.15) is 0 Å². The Morgan fingerprint density at radius 3 is 2.94 bits per heavy atom. The van der Waals surface area contributed by atoms with Crippen molar-refractivity contribution in [2.45, 2.75) is 31.2 Å². The van der Waals surface area contributed by atoms with Gasteiger partial charge >= 0.3 is 0 Å². The second-order valence-electron chi connectivity index (χ2n) is 8.00. The zero-order valence-electron chi connectivity index (χ0n) is 16.5. The fraction of sp³-hybridized carbons (Fsp3) is 0.400. The van der Waals surface area contributed by atoms with E-state index >= 15 is 0 Å². The summed E-state index contributed by atoms with van der Waals surface area (Å²) in [4.78, 5) is 25.9. The van der Waals surface area contributed by atoms with E-state index in [1.54, 1.807) is 17.9 Å². The maximum absolute atomic E-state index is 12.4. The Morgan fingerprint density at radius 2 is 2.19 bits per heavy atom. The van der Waals surface area contributed by atoms with Crippen molar-refractivity contribution in [3.05, 3.63) is 45.0 Å². The summed E-state index contributed by atoms with van der Waals surface area (Å²) in [6.07, 6.45) is -0.124. The molecule has 0 radical (unpaired) electrons. The van der Waals surface area contributed by atoms with Gasteiger partial charge < -0.3 is 25.4 Å². The normalized spacial score (nSPS) is 29.1. The predicted octanol–water partition coefficient (Wildman–Crippen LogP) is 1.73. The Bertz CT molecular complexity index is 1190. The third-order valence-electron chi connectivity index (χ3n) is 6.39. The summed E-state index contributed by atoms with van der Waals surface area (Å²) < 4.78 is 2.28. The minimum absolute atomic E-state index is 0.189. The first-order valence-corrected chi connectivity index (χ1v) is 11.3. The smallest absolute Gasteiger partial charge is 0.229 e. The summed E-state index contributed by atoms with van der Waals surface area (Å²) in [5.41, 5.74) is 1.14. The van der Waals surface area contributed by atoms with E-state index in [-0.39, 0.29) is 11.8 Å². The molecule has 9 nitrogen and oxygen atoms in total. The van der Waals surface area contributed by atoms with E-state index in [4.69, 9.17) is 11.6 Å². The van der Waals surface area contributed by atoms with Gasteiger partial charge in [0.1, 0.15) is 6.10 Å². The van der Waals surface area contributed by atoms with Gasteiger partial charge in [-0.25, -0.2) is 15.0 Å². The molecule has 5 atom stereocenters. The van der Waals surface area contributed by atoms with Gasteiger partial charge in [-0.3, -0.25) is 4.79 Å². The Hall–Kier alpha value is -2.02. The van der Waals surface area contributed by atoms with Gasteiger partial charge in [0.05, 0.1) is 23.9 Å². The maximum Gasteiger partial charge on any atom is 0.229 e. The number of anilines is 1. The van der Waals surface area contributed by atoms with E-state index in [0.29, 0.717) is 38.8 Å². The van der Waals surface area contributed by atoms with Crippen LogP contribution in [0.15, 0.2) is 30.6 Å². The van der Waals surface area contributed by atoms with Crippen molar-refractivity contribution in [3.8, 4) is 0 Å². The van der Waals surface area contributed by atoms with E-state index in [1.165, 1.54) is 0 Å². The maximum atomic E-state index is 12.4. The number of imidazole rings is 1. The highest BCUT2D eigenvalue weighted by Gasteiger charge is 2.75. The highest BCUT2D eigenvalue weighted by molar-refractivity contribution is 14.1. The molecule has 11 heteroatoms. The van der Waals surface area contributed by atoms with E-state index in [2.05, 4.69) is 25.6 Å². The average Bonchev–Trinajstić information content (AvgIpc) is 3.29. The number of aliphatic hydroxyl groups excluding tert-OH is 2. The lowest BCUT2D eigenvalue weighted by Crippen LogP contribution is -2.41. The second kappa shape index (κ2) is 7.54. The molecule has 4 N–H and O–H groups in total. The molecule has 2 aliphatic rings. The van der Waals surface area contributed by atoms with E-state index < -0.39 is 23.7 Å². The van der Waals surface area contributed by atoms with Crippen LogP contribution in [0.25, 0.3) is 11.2 Å². The minimum atomic E-state index is -1.14. The molecule has 2 heterocycles. The summed E-state index contributed by atoms with van der Waals surface area (Å²) in [6, 6.07) is 7.04. The minimum Gasteiger partial charge on any atom is -0.389 e. The van der Waals surface area contributed by atoms with Gasteiger partial charge in [-0.15, -0.1) is 0 Å². The number of aliphatic hydroxyl groups is 2. The average molecular weight is 555 g/mol. The molecule has 0 unspecified atom stereocenters. The van der Waals surface area contributed by atoms with Crippen LogP contribution >= 0.6 is 34.2 Å². The molecule has 5 rings (SSSR count). The number of halogens is 2. The van der Waals surface area contributed by atoms with Crippen molar-refractivity contribution < 1.29 is 15.0 Å². The number of hydrogen-bond donors (Lipinski definition) is 4. The quantitative estimate of drug-likeness (QED) is 0.280. The fourth-order valence-electron chi connectivity index (χ4n) is 4.85. The van der Waals surface area contributed by atoms with Crippen LogP contribution in [0.2, 0.25) is 5.02 Å². The second-order valence-corrected chi connectivity index (χ2v) is 9.41. The predicted molar refractivity (Wildman–Crippen MR) is 122 cm³/mol. The molecule has 2 fully saturated rings. The largest absolute Gasteiger partial charge is 0.389 e. The first kappa shape index (κ1) is 20.9. The standard InChI is InChI=1S/C20H20ClIN6O3/c1-23-18(31)20-6-11(20)13(14(29)15(20)30)28-8-25-12-16(26-19(22)27-17(12)28)24-7-9-3-2-4-10(21)5-9/h2-5,8,11,13-15,29-30H,6-7H2,1H3,(H,23,31)(H,24,26,27)/t11-,13-,14+,15+,20+/m1/s1. The number of aromatic nitrogens is 4. The summed E-state index contributed by atoms with van der Waals surface area (Å²) in [5, 5.41) is 28.0. The van der Waals surface area contributed by atoms with Crippen LogP contribution < -0.4 is 10.6 Å². The zero-order chi connectivity index (χ0) is 21.9. The van der Waals surface area contributed by atoms with Gasteiger partial charge in [0.2, 0.25) is 5.91 Å². The van der Waals surface area contributed by atoms with Crippen LogP contribution in [0.1, 0.15) is 18.0 Å². The van der Waals surface area contributed by atoms with Crippen molar-refractivity contribution in [1.82, 2.24) is 24.8 Å². The first-order valence-electron chi connectivity index (χ1n) is 9.83. The van der Waals surface area contributed by atoms with Gasteiger partial charge in [0, 0.05) is 47.1 Å². The molecular formula is C20H20ClIN6O3. The van der Waals surface area contributed by atoms with Crippen LogP contribution in [0.3, 0.4) is 0 Å². The summed E-state index contributed by atoms with van der Waals surface area (Å²) in [5.74, 6) is 0.129. The van der Waals surface area contributed by atoms with E-state index in [9.17, 15) is 15.0 Å². The van der Waals surface area contributed by atoms with Crippen molar-refractivity contribution in [2.75, 3.05) is 12.4 Å². The van der Waals surface area contributed by atoms with Gasteiger partial charge in [0.15, 0.2) is 20.8 Å². The van der Waals surface area contributed by atoms with Crippen molar-refractivity contribution in [2.24, 2.45) is 11.3 Å². The first-order chi connectivity index (χ1) is 14.9. The Kier molecular flexibility index (Phi) is 5.07. The molecule has 0 spiro atoms. The summed E-state index contributed by atoms with van der Waals surface area (Å²) in [7, 11) is 1.54. The molecule has 0 bridgehead atoms. The number of nitrogens with one attached hydrogen (secondary N) is 2. The number of fused-ring (bicyclic) bond motifs is 2. The molecule has 0 saturated heterocycles. The Morgan fingerprint density at radius 1 is 1.39 bits per heavy atom. The highest BCUT2D eigenvalue weighted by atomic mass is 127. The van der Waals surface area contributed by atoms with Crippen LogP contribution in [0.4, 0.5) is 5.82 Å².